The largest absolute Gasteiger partial charge is 0.300 e. The van der Waals surface area contributed by atoms with Crippen molar-refractivity contribution in [3.8, 4) is 0 Å². The minimum Gasteiger partial charge on any atom is -0.300 e. The van der Waals surface area contributed by atoms with E-state index in [9.17, 15) is 28.8 Å². The van der Waals surface area contributed by atoms with Crippen molar-refractivity contribution in [3.05, 3.63) is 141 Å². The third-order valence-electron chi connectivity index (χ3n) is 7.86. The fourth-order valence-corrected chi connectivity index (χ4v) is 5.61. The summed E-state index contributed by atoms with van der Waals surface area (Å²) >= 11 is 0. The van der Waals surface area contributed by atoms with Crippen LogP contribution in [-0.4, -0.2) is 34.7 Å². The summed E-state index contributed by atoms with van der Waals surface area (Å²) in [5, 5.41) is 0. The van der Waals surface area contributed by atoms with Crippen molar-refractivity contribution in [2.24, 2.45) is 0 Å². The van der Waals surface area contributed by atoms with Gasteiger partial charge < -0.3 is 4.79 Å². The molecule has 0 bridgehead atoms. The molecular formula is C46H56O6. The molecule has 0 amide bonds. The second kappa shape index (κ2) is 24.2. The van der Waals surface area contributed by atoms with Gasteiger partial charge in [0.15, 0.2) is 0 Å². The molecule has 0 atom stereocenters. The first-order valence-corrected chi connectivity index (χ1v) is 17.7. The number of carbonyl (C=O) groups excluding carboxylic acids is 6. The van der Waals surface area contributed by atoms with Gasteiger partial charge in [-0.05, 0) is 102 Å². The van der Waals surface area contributed by atoms with E-state index in [1.54, 1.807) is 0 Å². The number of hydrogen-bond acceptors (Lipinski definition) is 6. The van der Waals surface area contributed by atoms with E-state index in [4.69, 9.17) is 0 Å². The highest BCUT2D eigenvalue weighted by atomic mass is 16.1. The maximum atomic E-state index is 12.1. The molecule has 0 aliphatic heterocycles. The van der Waals surface area contributed by atoms with Crippen LogP contribution in [0, 0.1) is 20.8 Å². The van der Waals surface area contributed by atoms with E-state index < -0.39 is 0 Å². The second-order valence-electron chi connectivity index (χ2n) is 13.4. The summed E-state index contributed by atoms with van der Waals surface area (Å²) in [6.07, 6.45) is 0.622. The number of ketones is 6. The summed E-state index contributed by atoms with van der Waals surface area (Å²) < 4.78 is 0. The molecule has 0 unspecified atom stereocenters. The van der Waals surface area contributed by atoms with Crippen LogP contribution in [0.4, 0.5) is 0 Å². The molecule has 0 heterocycles. The van der Waals surface area contributed by atoms with Crippen LogP contribution < -0.4 is 0 Å². The molecule has 6 heteroatoms. The van der Waals surface area contributed by atoms with Crippen molar-refractivity contribution in [1.29, 1.82) is 0 Å². The fraction of sp³-hybridized carbons (Fsp3) is 0.348. The summed E-state index contributed by atoms with van der Waals surface area (Å²) in [7, 11) is 0. The Morgan fingerprint density at radius 2 is 0.538 bits per heavy atom. The zero-order valence-corrected chi connectivity index (χ0v) is 32.6. The van der Waals surface area contributed by atoms with E-state index in [1.807, 2.05) is 54.6 Å². The average Bonchev–Trinajstić information content (AvgIpc) is 3.05. The Hall–Kier alpha value is -5.10. The van der Waals surface area contributed by atoms with Crippen molar-refractivity contribution in [2.75, 3.05) is 0 Å². The molecule has 0 N–H and O–H groups in total. The van der Waals surface area contributed by atoms with Crippen LogP contribution in [-0.2, 0) is 67.3 Å². The highest BCUT2D eigenvalue weighted by Gasteiger charge is 2.26. The molecule has 0 saturated carbocycles. The van der Waals surface area contributed by atoms with Gasteiger partial charge in [-0.15, -0.1) is 0 Å². The lowest BCUT2D eigenvalue weighted by Gasteiger charge is -2.26. The summed E-state index contributed by atoms with van der Waals surface area (Å²) in [5.41, 5.74) is 7.61. The monoisotopic (exact) mass is 704 g/mol. The Bertz CT molecular complexity index is 1620. The Kier molecular flexibility index (Phi) is 20.9. The molecule has 0 radical (unpaired) electrons. The first-order chi connectivity index (χ1) is 24.5. The third kappa shape index (κ3) is 18.8. The molecule has 0 spiro atoms. The number of aryl methyl sites for hydroxylation is 3. The number of benzene rings is 4. The lowest BCUT2D eigenvalue weighted by Crippen LogP contribution is -2.21. The van der Waals surface area contributed by atoms with E-state index in [0.717, 1.165) is 0 Å². The van der Waals surface area contributed by atoms with E-state index in [0.29, 0.717) is 39.8 Å². The number of hydrogen-bond donors (Lipinski definition) is 0. The van der Waals surface area contributed by atoms with E-state index >= 15 is 0 Å². The molecule has 52 heavy (non-hydrogen) atoms. The zero-order chi connectivity index (χ0) is 39.2. The average molecular weight is 705 g/mol. The zero-order valence-electron chi connectivity index (χ0n) is 32.6. The molecule has 6 nitrogen and oxygen atoms in total. The lowest BCUT2D eigenvalue weighted by atomic mass is 9.77. The number of Topliss-reactive ketones (excluding diaryl/α,β-unsaturated/α-hetero) is 6. The first-order valence-electron chi connectivity index (χ1n) is 17.7. The Balaban J connectivity index is 0.000000505. The van der Waals surface area contributed by atoms with Crippen LogP contribution in [0.15, 0.2) is 91.0 Å². The van der Waals surface area contributed by atoms with Crippen molar-refractivity contribution >= 4 is 34.7 Å². The molecule has 4 aromatic carbocycles. The minimum absolute atomic E-state index is 0.00796. The third-order valence-corrected chi connectivity index (χ3v) is 7.86. The molecule has 4 rings (SSSR count). The Morgan fingerprint density at radius 3 is 0.692 bits per heavy atom. The lowest BCUT2D eigenvalue weighted by molar-refractivity contribution is -0.118. The van der Waals surface area contributed by atoms with E-state index in [1.165, 1.54) is 58.2 Å². The topological polar surface area (TPSA) is 102 Å². The maximum Gasteiger partial charge on any atom is 0.134 e. The summed E-state index contributed by atoms with van der Waals surface area (Å²) in [5.74, 6) is -0.725. The summed E-state index contributed by atoms with van der Waals surface area (Å²) in [6, 6.07) is 30.8. The van der Waals surface area contributed by atoms with Crippen LogP contribution in [0.1, 0.15) is 98.0 Å². The maximum absolute atomic E-state index is 12.1. The highest BCUT2D eigenvalue weighted by Crippen LogP contribution is 2.33. The quantitative estimate of drug-likeness (QED) is 0.138. The van der Waals surface area contributed by atoms with Crippen LogP contribution in [0.25, 0.3) is 0 Å². The Labute approximate surface area is 311 Å². The molecular weight excluding hydrogens is 648 g/mol. The van der Waals surface area contributed by atoms with E-state index in [2.05, 4.69) is 57.2 Å². The van der Waals surface area contributed by atoms with E-state index in [-0.39, 0.29) is 73.2 Å². The molecule has 0 saturated heterocycles. The normalized spacial score (nSPS) is 9.87. The van der Waals surface area contributed by atoms with Crippen LogP contribution in [0.3, 0.4) is 0 Å². The highest BCUT2D eigenvalue weighted by molar-refractivity contribution is 5.89. The van der Waals surface area contributed by atoms with Gasteiger partial charge >= 0.3 is 0 Å². The molecule has 0 aromatic heterocycles. The van der Waals surface area contributed by atoms with Crippen molar-refractivity contribution in [1.82, 2.24) is 0 Å². The number of carbonyl (C=O) groups is 6. The molecule has 276 valence electrons. The second-order valence-corrected chi connectivity index (χ2v) is 13.4. The minimum atomic E-state index is -0.145. The molecule has 0 aliphatic carbocycles. The van der Waals surface area contributed by atoms with Gasteiger partial charge in [-0.2, -0.15) is 0 Å². The van der Waals surface area contributed by atoms with Crippen molar-refractivity contribution in [2.45, 2.75) is 107 Å². The van der Waals surface area contributed by atoms with Gasteiger partial charge in [0, 0.05) is 38.5 Å². The SMILES string of the molecule is CC(=O)CCc1c(CC(C)=O)c(CC(C)=O)c(CC(C)=O)c(CC(C)=O)c1CC(C)=O.Cc1ccccc1.Cc1ccccc1.Cc1ccccc1. The Morgan fingerprint density at radius 1 is 0.327 bits per heavy atom. The van der Waals surface area contributed by atoms with Crippen LogP contribution in [0.5, 0.6) is 0 Å². The van der Waals surface area contributed by atoms with Gasteiger partial charge in [-0.25, -0.2) is 0 Å². The predicted octanol–water partition coefficient (Wildman–Crippen LogP) is 8.85. The van der Waals surface area contributed by atoms with Gasteiger partial charge in [0.25, 0.3) is 0 Å². The smallest absolute Gasteiger partial charge is 0.134 e. The standard InChI is InChI=1S/C25H32O6.3C7H8/c1-14(26)7-8-20-21(9-15(2)27)23(11-17(4)29)25(13-19(6)31)24(12-18(5)30)22(20)10-16(3)28;3*1-7-5-3-2-4-6-7/h7-13H2,1-6H3;3*2-6H,1H3. The van der Waals surface area contributed by atoms with Gasteiger partial charge in [0.05, 0.1) is 0 Å². The number of rotatable bonds is 13. The molecule has 0 aliphatic rings. The predicted molar refractivity (Wildman–Crippen MR) is 211 cm³/mol. The van der Waals surface area contributed by atoms with Gasteiger partial charge in [-0.1, -0.05) is 108 Å². The van der Waals surface area contributed by atoms with Gasteiger partial charge in [0.1, 0.15) is 34.7 Å². The van der Waals surface area contributed by atoms with Crippen molar-refractivity contribution < 1.29 is 28.8 Å². The van der Waals surface area contributed by atoms with Gasteiger partial charge in [0.2, 0.25) is 0 Å². The molecule has 0 fully saturated rings. The fourth-order valence-electron chi connectivity index (χ4n) is 5.61. The van der Waals surface area contributed by atoms with Crippen molar-refractivity contribution in [3.63, 3.8) is 0 Å². The molecule has 4 aromatic rings. The van der Waals surface area contributed by atoms with Crippen LogP contribution >= 0.6 is 0 Å². The van der Waals surface area contributed by atoms with Gasteiger partial charge in [-0.3, -0.25) is 24.0 Å². The first kappa shape index (κ1) is 44.9. The summed E-state index contributed by atoms with van der Waals surface area (Å²) in [4.78, 5) is 72.3. The summed E-state index contributed by atoms with van der Waals surface area (Å²) in [6.45, 7) is 14.9. The van der Waals surface area contributed by atoms with Crippen LogP contribution in [0.2, 0.25) is 0 Å².